The van der Waals surface area contributed by atoms with E-state index in [0.29, 0.717) is 19.1 Å². The van der Waals surface area contributed by atoms with Crippen molar-refractivity contribution in [1.82, 2.24) is 36.0 Å². The summed E-state index contributed by atoms with van der Waals surface area (Å²) in [6, 6.07) is 10.1. The number of amides is 1. The molecule has 9 heteroatoms. The van der Waals surface area contributed by atoms with Gasteiger partial charge >= 0.3 is 0 Å². The first-order chi connectivity index (χ1) is 13.3. The largest absolute Gasteiger partial charge is 0.338 e. The van der Waals surface area contributed by atoms with Gasteiger partial charge in [0.2, 0.25) is 11.9 Å². The van der Waals surface area contributed by atoms with Crippen LogP contribution >= 0.6 is 0 Å². The van der Waals surface area contributed by atoms with Crippen LogP contribution in [0, 0.1) is 0 Å². The molecule has 0 bridgehead atoms. The Balaban J connectivity index is 1.36. The molecule has 3 heterocycles. The molecule has 9 nitrogen and oxygen atoms in total. The van der Waals surface area contributed by atoms with Crippen LogP contribution in [-0.2, 0) is 4.79 Å². The highest BCUT2D eigenvalue weighted by atomic mass is 16.2. The molecule has 0 aliphatic carbocycles. The molecule has 0 saturated carbocycles. The van der Waals surface area contributed by atoms with Crippen LogP contribution in [0.4, 0.5) is 5.95 Å². The van der Waals surface area contributed by atoms with Gasteiger partial charge in [-0.15, -0.1) is 0 Å². The zero-order valence-electron chi connectivity index (χ0n) is 15.6. The molecule has 2 aliphatic heterocycles. The zero-order chi connectivity index (χ0) is 18.6. The lowest BCUT2D eigenvalue weighted by Crippen LogP contribution is -2.54. The van der Waals surface area contributed by atoms with E-state index in [9.17, 15) is 4.79 Å². The number of hydrogen-bond donors (Lipinski definition) is 2. The minimum atomic E-state index is -0.122. The van der Waals surface area contributed by atoms with Crippen molar-refractivity contribution in [2.75, 3.05) is 31.1 Å². The van der Waals surface area contributed by atoms with E-state index in [1.54, 1.807) is 4.68 Å². The van der Waals surface area contributed by atoms with Crippen LogP contribution in [0.5, 0.6) is 0 Å². The quantitative estimate of drug-likeness (QED) is 0.784. The third-order valence-corrected chi connectivity index (χ3v) is 5.25. The number of hydrazine groups is 1. The van der Waals surface area contributed by atoms with Gasteiger partial charge in [-0.2, -0.15) is 4.68 Å². The summed E-state index contributed by atoms with van der Waals surface area (Å²) in [4.78, 5) is 16.9. The van der Waals surface area contributed by atoms with Crippen LogP contribution in [0.25, 0.3) is 5.69 Å². The number of rotatable bonds is 5. The van der Waals surface area contributed by atoms with Crippen molar-refractivity contribution in [2.45, 2.75) is 38.3 Å². The molecule has 2 aliphatic rings. The second-order valence-electron chi connectivity index (χ2n) is 7.10. The number of anilines is 1. The van der Waals surface area contributed by atoms with Gasteiger partial charge in [0.15, 0.2) is 0 Å². The maximum Gasteiger partial charge on any atom is 0.250 e. The number of benzene rings is 1. The lowest BCUT2D eigenvalue weighted by Gasteiger charge is -2.35. The fourth-order valence-corrected chi connectivity index (χ4v) is 3.78. The zero-order valence-corrected chi connectivity index (χ0v) is 15.6. The standard InChI is InChI=1S/C18H26N8O/c1-2-6-14-13-16(20-19-14)17(27)24-9-11-25(12-10-24)18-21-22-23-26(18)15-7-4-3-5-8-15/h3-5,7-8,14,16,19-20H,2,6,9-13H2,1H3. The molecule has 1 amide bonds. The molecule has 2 N–H and O–H groups in total. The first-order valence-electron chi connectivity index (χ1n) is 9.65. The Kier molecular flexibility index (Phi) is 5.30. The van der Waals surface area contributed by atoms with Gasteiger partial charge in [0.1, 0.15) is 6.04 Å². The molecule has 2 saturated heterocycles. The summed E-state index contributed by atoms with van der Waals surface area (Å²) in [7, 11) is 0. The lowest BCUT2D eigenvalue weighted by atomic mass is 10.1. The molecule has 27 heavy (non-hydrogen) atoms. The number of nitrogens with one attached hydrogen (secondary N) is 2. The predicted molar refractivity (Wildman–Crippen MR) is 101 cm³/mol. The summed E-state index contributed by atoms with van der Waals surface area (Å²) in [6.45, 7) is 4.96. The van der Waals surface area contributed by atoms with E-state index in [0.717, 1.165) is 44.0 Å². The van der Waals surface area contributed by atoms with E-state index in [2.05, 4.69) is 38.2 Å². The summed E-state index contributed by atoms with van der Waals surface area (Å²) in [5.74, 6) is 0.903. The van der Waals surface area contributed by atoms with Gasteiger partial charge in [-0.3, -0.25) is 10.2 Å². The molecule has 144 valence electrons. The average molecular weight is 370 g/mol. The molecule has 1 aromatic carbocycles. The Morgan fingerprint density at radius 3 is 2.67 bits per heavy atom. The molecule has 2 unspecified atom stereocenters. The lowest BCUT2D eigenvalue weighted by molar-refractivity contribution is -0.133. The molecule has 2 aromatic rings. The van der Waals surface area contributed by atoms with Crippen molar-refractivity contribution in [1.29, 1.82) is 0 Å². The van der Waals surface area contributed by atoms with Crippen LogP contribution in [0.1, 0.15) is 26.2 Å². The second kappa shape index (κ2) is 8.01. The summed E-state index contributed by atoms with van der Waals surface area (Å²) in [5.41, 5.74) is 7.34. The summed E-state index contributed by atoms with van der Waals surface area (Å²) in [6.07, 6.45) is 3.07. The Morgan fingerprint density at radius 2 is 1.93 bits per heavy atom. The van der Waals surface area contributed by atoms with E-state index in [1.807, 2.05) is 35.2 Å². The fourth-order valence-electron chi connectivity index (χ4n) is 3.78. The molecule has 0 spiro atoms. The molecule has 1 aromatic heterocycles. The predicted octanol–water partition coefficient (Wildman–Crippen LogP) is 0.346. The van der Waals surface area contributed by atoms with Gasteiger partial charge in [-0.1, -0.05) is 36.6 Å². The molecule has 2 fully saturated rings. The normalized spacial score (nSPS) is 23.0. The van der Waals surface area contributed by atoms with Crippen LogP contribution in [0.2, 0.25) is 0 Å². The van der Waals surface area contributed by atoms with Gasteiger partial charge in [0.25, 0.3) is 0 Å². The Bertz CT molecular complexity index is 756. The van der Waals surface area contributed by atoms with Gasteiger partial charge in [0, 0.05) is 32.2 Å². The number of aromatic nitrogens is 4. The Morgan fingerprint density at radius 1 is 1.15 bits per heavy atom. The summed E-state index contributed by atoms with van der Waals surface area (Å²) < 4.78 is 1.75. The highest BCUT2D eigenvalue weighted by molar-refractivity contribution is 5.82. The maximum absolute atomic E-state index is 12.8. The van der Waals surface area contributed by atoms with Crippen molar-refractivity contribution >= 4 is 11.9 Å². The van der Waals surface area contributed by atoms with E-state index < -0.39 is 0 Å². The smallest absolute Gasteiger partial charge is 0.250 e. The SMILES string of the molecule is CCCC1CC(C(=O)N2CCN(c3nnnn3-c3ccccc3)CC2)NN1. The molecular formula is C18H26N8O. The van der Waals surface area contributed by atoms with E-state index in [-0.39, 0.29) is 11.9 Å². The Labute approximate surface area is 158 Å². The highest BCUT2D eigenvalue weighted by Gasteiger charge is 2.33. The van der Waals surface area contributed by atoms with Crippen molar-refractivity contribution in [3.8, 4) is 5.69 Å². The van der Waals surface area contributed by atoms with Crippen molar-refractivity contribution in [3.63, 3.8) is 0 Å². The minimum absolute atomic E-state index is 0.122. The molecule has 2 atom stereocenters. The van der Waals surface area contributed by atoms with Crippen LogP contribution in [0.3, 0.4) is 0 Å². The number of hydrogen-bond acceptors (Lipinski definition) is 7. The minimum Gasteiger partial charge on any atom is -0.338 e. The van der Waals surface area contributed by atoms with E-state index >= 15 is 0 Å². The topological polar surface area (TPSA) is 91.2 Å². The van der Waals surface area contributed by atoms with Gasteiger partial charge in [-0.05, 0) is 35.4 Å². The number of carbonyl (C=O) groups excluding carboxylic acids is 1. The average Bonchev–Trinajstić information content (AvgIpc) is 3.38. The van der Waals surface area contributed by atoms with Gasteiger partial charge < -0.3 is 9.80 Å². The number of para-hydroxylation sites is 1. The van der Waals surface area contributed by atoms with Crippen molar-refractivity contribution in [2.24, 2.45) is 0 Å². The number of carbonyl (C=O) groups is 1. The first-order valence-corrected chi connectivity index (χ1v) is 9.65. The third-order valence-electron chi connectivity index (χ3n) is 5.25. The highest BCUT2D eigenvalue weighted by Crippen LogP contribution is 2.18. The molecular weight excluding hydrogens is 344 g/mol. The van der Waals surface area contributed by atoms with Crippen LogP contribution in [-0.4, -0.2) is 69.3 Å². The number of piperazine rings is 1. The summed E-state index contributed by atoms with van der Waals surface area (Å²) in [5, 5.41) is 12.2. The third kappa shape index (κ3) is 3.79. The maximum atomic E-state index is 12.8. The van der Waals surface area contributed by atoms with E-state index in [1.165, 1.54) is 0 Å². The van der Waals surface area contributed by atoms with Crippen LogP contribution < -0.4 is 15.8 Å². The van der Waals surface area contributed by atoms with Crippen molar-refractivity contribution < 1.29 is 4.79 Å². The molecule has 0 radical (unpaired) electrons. The van der Waals surface area contributed by atoms with Gasteiger partial charge in [-0.25, -0.2) is 5.43 Å². The first kappa shape index (κ1) is 17.9. The molecule has 4 rings (SSSR count). The van der Waals surface area contributed by atoms with E-state index in [4.69, 9.17) is 0 Å². The number of tetrazole rings is 1. The van der Waals surface area contributed by atoms with Crippen molar-refractivity contribution in [3.05, 3.63) is 30.3 Å². The van der Waals surface area contributed by atoms with Crippen LogP contribution in [0.15, 0.2) is 30.3 Å². The fraction of sp³-hybridized carbons (Fsp3) is 0.556. The second-order valence-corrected chi connectivity index (χ2v) is 7.10. The Hall–Kier alpha value is -2.52. The van der Waals surface area contributed by atoms with Gasteiger partial charge in [0.05, 0.1) is 5.69 Å². The monoisotopic (exact) mass is 370 g/mol. The number of nitrogens with zero attached hydrogens (tertiary/aromatic N) is 6. The summed E-state index contributed by atoms with van der Waals surface area (Å²) >= 11 is 0.